The number of piperazine rings is 1. The molecular weight excluding hydrogens is 156 g/mol. The first-order valence-electron chi connectivity index (χ1n) is 4.01. The van der Waals surface area contributed by atoms with Gasteiger partial charge in [0.25, 0.3) is 0 Å². The maximum Gasteiger partial charge on any atom is 0.314 e. The van der Waals surface area contributed by atoms with Crippen molar-refractivity contribution in [3.05, 3.63) is 12.3 Å². The number of nitrogens with zero attached hydrogens (tertiary/aromatic N) is 2. The molecule has 12 heavy (non-hydrogen) atoms. The molecule has 2 rings (SSSR count). The van der Waals surface area contributed by atoms with E-state index in [-0.39, 0.29) is 6.03 Å². The van der Waals surface area contributed by atoms with E-state index in [1.54, 1.807) is 4.90 Å². The number of carbonyl (C=O) groups is 1. The molecule has 0 spiro atoms. The third-order valence-electron chi connectivity index (χ3n) is 2.29. The van der Waals surface area contributed by atoms with Gasteiger partial charge in [0.1, 0.15) is 0 Å². The standard InChI is InChI=1S/C7H12N4O/c8-7(12)10-3-4-11-6(5-10)1-2-9-11/h1-2,6,9H,3-5H2,(H2,8,12). The van der Waals surface area contributed by atoms with Crippen LogP contribution in [-0.4, -0.2) is 41.6 Å². The highest BCUT2D eigenvalue weighted by Gasteiger charge is 2.28. The summed E-state index contributed by atoms with van der Waals surface area (Å²) in [6.45, 7) is 2.24. The molecule has 2 amide bonds. The molecule has 0 aromatic rings. The molecule has 2 aliphatic rings. The fraction of sp³-hybridized carbons (Fsp3) is 0.571. The van der Waals surface area contributed by atoms with Crippen LogP contribution in [0.25, 0.3) is 0 Å². The van der Waals surface area contributed by atoms with E-state index in [9.17, 15) is 4.79 Å². The second kappa shape index (κ2) is 2.67. The Hall–Kier alpha value is -1.23. The van der Waals surface area contributed by atoms with Crippen molar-refractivity contribution in [1.82, 2.24) is 15.3 Å². The van der Waals surface area contributed by atoms with Crippen molar-refractivity contribution in [2.45, 2.75) is 6.04 Å². The zero-order valence-electron chi connectivity index (χ0n) is 6.73. The number of hydrogen-bond acceptors (Lipinski definition) is 3. The highest BCUT2D eigenvalue weighted by Crippen LogP contribution is 2.11. The summed E-state index contributed by atoms with van der Waals surface area (Å²) < 4.78 is 0. The van der Waals surface area contributed by atoms with Gasteiger partial charge in [0.15, 0.2) is 0 Å². The van der Waals surface area contributed by atoms with E-state index < -0.39 is 0 Å². The number of urea groups is 1. The summed E-state index contributed by atoms with van der Waals surface area (Å²) in [5.41, 5.74) is 8.27. The van der Waals surface area contributed by atoms with Gasteiger partial charge in [0.05, 0.1) is 6.04 Å². The van der Waals surface area contributed by atoms with Crippen LogP contribution in [-0.2, 0) is 0 Å². The Morgan fingerprint density at radius 1 is 1.58 bits per heavy atom. The summed E-state index contributed by atoms with van der Waals surface area (Å²) in [5.74, 6) is 0. The van der Waals surface area contributed by atoms with E-state index >= 15 is 0 Å². The summed E-state index contributed by atoms with van der Waals surface area (Å²) >= 11 is 0. The molecule has 0 bridgehead atoms. The number of fused-ring (bicyclic) bond motifs is 1. The van der Waals surface area contributed by atoms with Crippen molar-refractivity contribution in [2.75, 3.05) is 19.6 Å². The summed E-state index contributed by atoms with van der Waals surface area (Å²) in [6.07, 6.45) is 3.93. The minimum absolute atomic E-state index is 0.297. The van der Waals surface area contributed by atoms with Gasteiger partial charge in [-0.15, -0.1) is 0 Å². The van der Waals surface area contributed by atoms with Gasteiger partial charge < -0.3 is 16.1 Å². The number of rotatable bonds is 0. The van der Waals surface area contributed by atoms with Crippen LogP contribution in [0.5, 0.6) is 0 Å². The first-order valence-corrected chi connectivity index (χ1v) is 4.01. The minimum Gasteiger partial charge on any atom is -0.351 e. The SMILES string of the molecule is NC(=O)N1CCN2NC=CC2C1. The van der Waals surface area contributed by atoms with Crippen LogP contribution in [0.2, 0.25) is 0 Å². The van der Waals surface area contributed by atoms with Crippen molar-refractivity contribution in [2.24, 2.45) is 5.73 Å². The molecule has 2 aliphatic heterocycles. The normalized spacial score (nSPS) is 28.3. The van der Waals surface area contributed by atoms with Crippen molar-refractivity contribution < 1.29 is 4.79 Å². The van der Waals surface area contributed by atoms with E-state index in [4.69, 9.17) is 5.73 Å². The Morgan fingerprint density at radius 2 is 2.42 bits per heavy atom. The Morgan fingerprint density at radius 3 is 3.17 bits per heavy atom. The summed E-state index contributed by atoms with van der Waals surface area (Å²) in [4.78, 5) is 12.5. The summed E-state index contributed by atoms with van der Waals surface area (Å²) in [7, 11) is 0. The number of amides is 2. The van der Waals surface area contributed by atoms with Gasteiger partial charge in [0.2, 0.25) is 0 Å². The van der Waals surface area contributed by atoms with E-state index in [1.165, 1.54) is 0 Å². The third-order valence-corrected chi connectivity index (χ3v) is 2.29. The molecule has 2 heterocycles. The number of hydrogen-bond donors (Lipinski definition) is 2. The summed E-state index contributed by atoms with van der Waals surface area (Å²) in [5, 5.41) is 2.10. The van der Waals surface area contributed by atoms with Gasteiger partial charge in [-0.3, -0.25) is 0 Å². The Kier molecular flexibility index (Phi) is 1.65. The van der Waals surface area contributed by atoms with Crippen molar-refractivity contribution >= 4 is 6.03 Å². The van der Waals surface area contributed by atoms with Crippen LogP contribution in [0.3, 0.4) is 0 Å². The van der Waals surface area contributed by atoms with E-state index in [0.717, 1.165) is 6.54 Å². The van der Waals surface area contributed by atoms with E-state index in [1.807, 2.05) is 12.3 Å². The van der Waals surface area contributed by atoms with Crippen molar-refractivity contribution in [3.8, 4) is 0 Å². The average molecular weight is 168 g/mol. The second-order valence-corrected chi connectivity index (χ2v) is 3.03. The van der Waals surface area contributed by atoms with Gasteiger partial charge in [-0.25, -0.2) is 9.80 Å². The van der Waals surface area contributed by atoms with Crippen LogP contribution in [0.4, 0.5) is 4.79 Å². The lowest BCUT2D eigenvalue weighted by Crippen LogP contribution is -2.56. The van der Waals surface area contributed by atoms with Gasteiger partial charge in [0, 0.05) is 25.8 Å². The quantitative estimate of drug-likeness (QED) is 0.492. The molecule has 0 saturated carbocycles. The number of hydrazine groups is 1. The highest BCUT2D eigenvalue weighted by molar-refractivity contribution is 5.72. The molecule has 0 radical (unpaired) electrons. The lowest BCUT2D eigenvalue weighted by molar-refractivity contribution is 0.101. The van der Waals surface area contributed by atoms with E-state index in [2.05, 4.69) is 10.4 Å². The molecule has 0 aliphatic carbocycles. The maximum atomic E-state index is 10.8. The topological polar surface area (TPSA) is 61.6 Å². The highest BCUT2D eigenvalue weighted by atomic mass is 16.2. The molecule has 1 unspecified atom stereocenters. The van der Waals surface area contributed by atoms with Gasteiger partial charge in [-0.1, -0.05) is 0 Å². The van der Waals surface area contributed by atoms with Crippen LogP contribution >= 0.6 is 0 Å². The molecule has 5 nitrogen and oxygen atoms in total. The first kappa shape index (κ1) is 7.42. The lowest BCUT2D eigenvalue weighted by atomic mass is 10.2. The largest absolute Gasteiger partial charge is 0.351 e. The third kappa shape index (κ3) is 1.12. The Balaban J connectivity index is 2.00. The number of primary amides is 1. The molecular formula is C7H12N4O. The predicted molar refractivity (Wildman–Crippen MR) is 43.9 cm³/mol. The monoisotopic (exact) mass is 168 g/mol. The Labute approximate surface area is 70.8 Å². The van der Waals surface area contributed by atoms with Crippen molar-refractivity contribution in [1.29, 1.82) is 0 Å². The number of nitrogens with two attached hydrogens (primary N) is 1. The lowest BCUT2D eigenvalue weighted by Gasteiger charge is -2.35. The molecule has 0 aromatic carbocycles. The van der Waals surface area contributed by atoms with Crippen LogP contribution < -0.4 is 11.2 Å². The zero-order chi connectivity index (χ0) is 8.55. The molecule has 66 valence electrons. The first-order chi connectivity index (χ1) is 5.77. The maximum absolute atomic E-state index is 10.8. The van der Waals surface area contributed by atoms with Crippen LogP contribution in [0, 0.1) is 0 Å². The predicted octanol–water partition coefficient (Wildman–Crippen LogP) is -0.917. The van der Waals surface area contributed by atoms with Gasteiger partial charge in [-0.05, 0) is 6.08 Å². The molecule has 1 fully saturated rings. The number of carbonyl (C=O) groups excluding carboxylic acids is 1. The van der Waals surface area contributed by atoms with Crippen molar-refractivity contribution in [3.63, 3.8) is 0 Å². The zero-order valence-corrected chi connectivity index (χ0v) is 6.73. The molecule has 0 aromatic heterocycles. The fourth-order valence-electron chi connectivity index (χ4n) is 1.58. The average Bonchev–Trinajstić information content (AvgIpc) is 2.49. The number of nitrogens with one attached hydrogen (secondary N) is 1. The second-order valence-electron chi connectivity index (χ2n) is 3.03. The molecule has 3 N–H and O–H groups in total. The molecule has 1 atom stereocenters. The fourth-order valence-corrected chi connectivity index (χ4v) is 1.58. The van der Waals surface area contributed by atoms with Gasteiger partial charge >= 0.3 is 6.03 Å². The summed E-state index contributed by atoms with van der Waals surface area (Å²) in [6, 6.07) is -0.0267. The van der Waals surface area contributed by atoms with Crippen LogP contribution in [0.1, 0.15) is 0 Å². The van der Waals surface area contributed by atoms with E-state index in [0.29, 0.717) is 19.1 Å². The molecule has 1 saturated heterocycles. The Bertz CT molecular complexity index is 227. The smallest absolute Gasteiger partial charge is 0.314 e. The minimum atomic E-state index is -0.324. The molecule has 5 heteroatoms. The van der Waals surface area contributed by atoms with Gasteiger partial charge in [-0.2, -0.15) is 0 Å². The van der Waals surface area contributed by atoms with Crippen LogP contribution in [0.15, 0.2) is 12.3 Å².